The summed E-state index contributed by atoms with van der Waals surface area (Å²) in [6.07, 6.45) is 0. The molecule has 0 aliphatic rings. The molecule has 0 fully saturated rings. The molecule has 1 aromatic heterocycles. The van der Waals surface area contributed by atoms with E-state index in [1.54, 1.807) is 0 Å². The van der Waals surface area contributed by atoms with Crippen molar-refractivity contribution in [3.63, 3.8) is 0 Å². The zero-order chi connectivity index (χ0) is 31.9. The van der Waals surface area contributed by atoms with Gasteiger partial charge in [-0.2, -0.15) is 0 Å². The molecular weight excluding hydrogens is 599 g/mol. The van der Waals surface area contributed by atoms with Gasteiger partial charge in [0.05, 0.1) is 0 Å². The molecule has 0 aliphatic heterocycles. The van der Waals surface area contributed by atoms with Crippen LogP contribution in [-0.4, -0.2) is 0 Å². The molecule has 0 radical (unpaired) electrons. The van der Waals surface area contributed by atoms with Crippen molar-refractivity contribution < 1.29 is 0 Å². The van der Waals surface area contributed by atoms with E-state index in [9.17, 15) is 0 Å². The molecular formula is C46H31NS. The fourth-order valence-electron chi connectivity index (χ4n) is 6.90. The first-order chi connectivity index (χ1) is 23.8. The van der Waals surface area contributed by atoms with Crippen LogP contribution in [0.2, 0.25) is 0 Å². The normalized spacial score (nSPS) is 11.3. The van der Waals surface area contributed by atoms with E-state index < -0.39 is 0 Å². The zero-order valence-electron chi connectivity index (χ0n) is 26.3. The van der Waals surface area contributed by atoms with Crippen molar-refractivity contribution in [3.8, 4) is 33.4 Å². The summed E-state index contributed by atoms with van der Waals surface area (Å²) in [7, 11) is 0. The van der Waals surface area contributed by atoms with Crippen LogP contribution in [0.25, 0.3) is 64.3 Å². The van der Waals surface area contributed by atoms with E-state index in [0.29, 0.717) is 0 Å². The maximum atomic E-state index is 2.39. The molecule has 1 nitrogen and oxygen atoms in total. The van der Waals surface area contributed by atoms with Gasteiger partial charge in [0, 0.05) is 37.2 Å². The van der Waals surface area contributed by atoms with Gasteiger partial charge in [-0.3, -0.25) is 0 Å². The quantitative estimate of drug-likeness (QED) is 0.177. The first-order valence-corrected chi connectivity index (χ1v) is 17.2. The summed E-state index contributed by atoms with van der Waals surface area (Å²) in [5.41, 5.74) is 10.7. The molecule has 0 N–H and O–H groups in total. The minimum Gasteiger partial charge on any atom is -0.310 e. The topological polar surface area (TPSA) is 3.24 Å². The van der Waals surface area contributed by atoms with Crippen molar-refractivity contribution in [1.29, 1.82) is 0 Å². The average molecular weight is 630 g/mol. The summed E-state index contributed by atoms with van der Waals surface area (Å²) in [6, 6.07) is 68.2. The lowest BCUT2D eigenvalue weighted by atomic mass is 9.95. The Morgan fingerprint density at radius 1 is 0.312 bits per heavy atom. The second-order valence-corrected chi connectivity index (χ2v) is 13.3. The number of rotatable bonds is 6. The van der Waals surface area contributed by atoms with Crippen molar-refractivity contribution in [1.82, 2.24) is 0 Å². The third-order valence-electron chi connectivity index (χ3n) is 9.25. The second-order valence-electron chi connectivity index (χ2n) is 12.2. The molecule has 0 atom stereocenters. The summed E-state index contributed by atoms with van der Waals surface area (Å²) >= 11 is 1.85. The number of nitrogens with zero attached hydrogens (tertiary/aromatic N) is 1. The maximum Gasteiger partial charge on any atom is 0.0468 e. The Bertz CT molecular complexity index is 2560. The molecule has 1 heterocycles. The molecule has 2 heteroatoms. The van der Waals surface area contributed by atoms with E-state index in [1.165, 1.54) is 64.3 Å². The summed E-state index contributed by atoms with van der Waals surface area (Å²) in [6.45, 7) is 0. The Morgan fingerprint density at radius 3 is 1.77 bits per heavy atom. The van der Waals surface area contributed by atoms with Crippen LogP contribution in [0.3, 0.4) is 0 Å². The van der Waals surface area contributed by atoms with Crippen molar-refractivity contribution in [2.45, 2.75) is 0 Å². The SMILES string of the molecule is c1ccc(-c2ccc(N(c3cccc(-c4cccc(-c5cccc6ccccc56)c4)c3)c3ccc4sc5ccccc5c4c3)cc2)cc1. The fraction of sp³-hybridized carbons (Fsp3) is 0. The van der Waals surface area contributed by atoms with Crippen molar-refractivity contribution in [2.24, 2.45) is 0 Å². The van der Waals surface area contributed by atoms with E-state index in [-0.39, 0.29) is 0 Å². The molecule has 0 aliphatic carbocycles. The van der Waals surface area contributed by atoms with Gasteiger partial charge in [0.25, 0.3) is 0 Å². The van der Waals surface area contributed by atoms with Crippen molar-refractivity contribution >= 4 is 59.3 Å². The van der Waals surface area contributed by atoms with E-state index in [0.717, 1.165) is 17.1 Å². The third-order valence-corrected chi connectivity index (χ3v) is 10.4. The lowest BCUT2D eigenvalue weighted by molar-refractivity contribution is 1.29. The Balaban J connectivity index is 1.17. The van der Waals surface area contributed by atoms with Crippen molar-refractivity contribution in [3.05, 3.63) is 188 Å². The highest BCUT2D eigenvalue weighted by atomic mass is 32.1. The van der Waals surface area contributed by atoms with Crippen LogP contribution >= 0.6 is 11.3 Å². The van der Waals surface area contributed by atoms with Gasteiger partial charge in [-0.25, -0.2) is 0 Å². The predicted octanol–water partition coefficient (Wildman–Crippen LogP) is 13.7. The Hall–Kier alpha value is -5.96. The monoisotopic (exact) mass is 629 g/mol. The van der Waals surface area contributed by atoms with Gasteiger partial charge in [0.1, 0.15) is 0 Å². The standard InChI is InChI=1S/C46H31NS/c1-2-11-32(12-3-1)33-23-25-38(26-24-33)47(40-27-28-46-44(31-40)43-20-6-7-22-45(43)48-46)39-18-9-16-36(30-39)35-15-8-17-37(29-35)42-21-10-14-34-13-4-5-19-41(34)42/h1-31H. The van der Waals surface area contributed by atoms with Gasteiger partial charge in [-0.05, 0) is 98.8 Å². The summed E-state index contributed by atoms with van der Waals surface area (Å²) in [5, 5.41) is 5.12. The Labute approximate surface area is 284 Å². The maximum absolute atomic E-state index is 2.39. The van der Waals surface area contributed by atoms with Gasteiger partial charge in [0.15, 0.2) is 0 Å². The number of benzene rings is 8. The van der Waals surface area contributed by atoms with Crippen LogP contribution in [0.4, 0.5) is 17.1 Å². The van der Waals surface area contributed by atoms with Crippen LogP contribution in [0.1, 0.15) is 0 Å². The minimum absolute atomic E-state index is 1.12. The lowest BCUT2D eigenvalue weighted by Gasteiger charge is -2.26. The van der Waals surface area contributed by atoms with Crippen molar-refractivity contribution in [2.75, 3.05) is 4.90 Å². The number of fused-ring (bicyclic) bond motifs is 4. The molecule has 0 saturated heterocycles. The van der Waals surface area contributed by atoms with E-state index in [2.05, 4.69) is 193 Å². The highest BCUT2D eigenvalue weighted by Crippen LogP contribution is 2.42. The highest BCUT2D eigenvalue weighted by molar-refractivity contribution is 7.25. The molecule has 0 spiro atoms. The minimum atomic E-state index is 1.12. The summed E-state index contributed by atoms with van der Waals surface area (Å²) in [5.74, 6) is 0. The smallest absolute Gasteiger partial charge is 0.0468 e. The first-order valence-electron chi connectivity index (χ1n) is 16.3. The van der Waals surface area contributed by atoms with Gasteiger partial charge in [-0.1, -0.05) is 133 Å². The van der Waals surface area contributed by atoms with E-state index >= 15 is 0 Å². The molecule has 0 unspecified atom stereocenters. The third kappa shape index (κ3) is 5.13. The molecule has 48 heavy (non-hydrogen) atoms. The van der Waals surface area contributed by atoms with E-state index in [1.807, 2.05) is 11.3 Å². The van der Waals surface area contributed by atoms with Gasteiger partial charge in [-0.15, -0.1) is 11.3 Å². The number of hydrogen-bond acceptors (Lipinski definition) is 2. The number of thiophene rings is 1. The van der Waals surface area contributed by atoms with Crippen LogP contribution in [0.5, 0.6) is 0 Å². The highest BCUT2D eigenvalue weighted by Gasteiger charge is 2.16. The van der Waals surface area contributed by atoms with Crippen LogP contribution in [-0.2, 0) is 0 Å². The Kier molecular flexibility index (Phi) is 7.07. The van der Waals surface area contributed by atoms with Gasteiger partial charge < -0.3 is 4.90 Å². The molecule has 8 aromatic carbocycles. The molecule has 9 aromatic rings. The molecule has 9 rings (SSSR count). The van der Waals surface area contributed by atoms with Crippen LogP contribution < -0.4 is 4.90 Å². The number of hydrogen-bond donors (Lipinski definition) is 0. The zero-order valence-corrected chi connectivity index (χ0v) is 27.1. The van der Waals surface area contributed by atoms with Gasteiger partial charge in [0.2, 0.25) is 0 Å². The van der Waals surface area contributed by atoms with Crippen LogP contribution in [0, 0.1) is 0 Å². The lowest BCUT2D eigenvalue weighted by Crippen LogP contribution is -2.10. The average Bonchev–Trinajstić information content (AvgIpc) is 3.54. The predicted molar refractivity (Wildman–Crippen MR) is 208 cm³/mol. The van der Waals surface area contributed by atoms with Gasteiger partial charge >= 0.3 is 0 Å². The molecule has 0 bridgehead atoms. The van der Waals surface area contributed by atoms with Crippen LogP contribution in [0.15, 0.2) is 188 Å². The molecule has 0 saturated carbocycles. The largest absolute Gasteiger partial charge is 0.310 e. The first kappa shape index (κ1) is 28.3. The molecule has 0 amide bonds. The summed E-state index contributed by atoms with van der Waals surface area (Å²) in [4.78, 5) is 2.39. The fourth-order valence-corrected chi connectivity index (χ4v) is 7.99. The Morgan fingerprint density at radius 2 is 0.896 bits per heavy atom. The molecule has 226 valence electrons. The van der Waals surface area contributed by atoms with E-state index in [4.69, 9.17) is 0 Å². The summed E-state index contributed by atoms with van der Waals surface area (Å²) < 4.78 is 2.62. The number of anilines is 3. The second kappa shape index (κ2) is 12.0.